The number of rotatable bonds is 1. The second-order valence-corrected chi connectivity index (χ2v) is 5.92. The number of nitrogens with zero attached hydrogens (tertiary/aromatic N) is 3. The lowest BCUT2D eigenvalue weighted by atomic mass is 10.1. The second kappa shape index (κ2) is 4.81. The molecule has 2 aliphatic heterocycles. The van der Waals surface area contributed by atoms with Crippen LogP contribution in [0.4, 0.5) is 0 Å². The third-order valence-electron chi connectivity index (χ3n) is 4.61. The first-order valence-corrected chi connectivity index (χ1v) is 7.42. The van der Waals surface area contributed by atoms with Crippen molar-refractivity contribution in [3.05, 3.63) is 30.0 Å². The van der Waals surface area contributed by atoms with Crippen LogP contribution in [-0.4, -0.2) is 63.5 Å². The SMILES string of the molecule is NC1CC2CN(C(=O)c3cccc4[nH]ncc34)CCN2C1=O. The Morgan fingerprint density at radius 3 is 3.09 bits per heavy atom. The first-order chi connectivity index (χ1) is 10.6. The summed E-state index contributed by atoms with van der Waals surface area (Å²) in [6.45, 7) is 1.65. The molecule has 2 unspecified atom stereocenters. The van der Waals surface area contributed by atoms with Crippen molar-refractivity contribution < 1.29 is 9.59 Å². The summed E-state index contributed by atoms with van der Waals surface area (Å²) in [5, 5.41) is 7.70. The zero-order valence-corrected chi connectivity index (χ0v) is 12.0. The minimum atomic E-state index is -0.419. The molecule has 0 saturated carbocycles. The van der Waals surface area contributed by atoms with Gasteiger partial charge in [-0.15, -0.1) is 0 Å². The Bertz CT molecular complexity index is 755. The van der Waals surface area contributed by atoms with Gasteiger partial charge in [-0.25, -0.2) is 0 Å². The quantitative estimate of drug-likeness (QED) is 0.771. The number of piperazine rings is 1. The predicted octanol–water partition coefficient (Wildman–Crippen LogP) is -0.0531. The number of nitrogens with one attached hydrogen (secondary N) is 1. The highest BCUT2D eigenvalue weighted by Crippen LogP contribution is 2.25. The molecule has 22 heavy (non-hydrogen) atoms. The van der Waals surface area contributed by atoms with Gasteiger partial charge >= 0.3 is 0 Å². The number of hydrogen-bond donors (Lipinski definition) is 2. The summed E-state index contributed by atoms with van der Waals surface area (Å²) in [7, 11) is 0. The lowest BCUT2D eigenvalue weighted by Crippen LogP contribution is -2.53. The Morgan fingerprint density at radius 1 is 1.36 bits per heavy atom. The van der Waals surface area contributed by atoms with E-state index in [2.05, 4.69) is 10.2 Å². The van der Waals surface area contributed by atoms with Crippen LogP contribution in [0.3, 0.4) is 0 Å². The minimum absolute atomic E-state index is 0.00837. The first-order valence-electron chi connectivity index (χ1n) is 7.42. The van der Waals surface area contributed by atoms with Gasteiger partial charge in [-0.05, 0) is 18.6 Å². The molecule has 2 amide bonds. The smallest absolute Gasteiger partial charge is 0.254 e. The van der Waals surface area contributed by atoms with Crippen LogP contribution < -0.4 is 5.73 Å². The number of benzene rings is 1. The van der Waals surface area contributed by atoms with Crippen molar-refractivity contribution in [1.29, 1.82) is 0 Å². The predicted molar refractivity (Wildman–Crippen MR) is 80.1 cm³/mol. The van der Waals surface area contributed by atoms with E-state index in [1.807, 2.05) is 28.0 Å². The molecule has 1 aromatic carbocycles. The average Bonchev–Trinajstić information content (AvgIpc) is 3.11. The van der Waals surface area contributed by atoms with E-state index in [4.69, 9.17) is 5.73 Å². The summed E-state index contributed by atoms with van der Waals surface area (Å²) in [5.74, 6) is -0.00592. The maximum Gasteiger partial charge on any atom is 0.254 e. The van der Waals surface area contributed by atoms with Crippen LogP contribution in [0.25, 0.3) is 10.9 Å². The molecule has 0 radical (unpaired) electrons. The Morgan fingerprint density at radius 2 is 2.23 bits per heavy atom. The van der Waals surface area contributed by atoms with Gasteiger partial charge in [-0.2, -0.15) is 5.10 Å². The summed E-state index contributed by atoms with van der Waals surface area (Å²) in [5.41, 5.74) is 7.32. The fourth-order valence-electron chi connectivity index (χ4n) is 3.46. The van der Waals surface area contributed by atoms with E-state index in [0.717, 1.165) is 10.9 Å². The van der Waals surface area contributed by atoms with Gasteiger partial charge < -0.3 is 15.5 Å². The lowest BCUT2D eigenvalue weighted by Gasteiger charge is -2.37. The third-order valence-corrected chi connectivity index (χ3v) is 4.61. The topological polar surface area (TPSA) is 95.3 Å². The van der Waals surface area contributed by atoms with Gasteiger partial charge in [0.1, 0.15) is 0 Å². The van der Waals surface area contributed by atoms with Crippen molar-refractivity contribution in [3.63, 3.8) is 0 Å². The third kappa shape index (κ3) is 1.89. The van der Waals surface area contributed by atoms with E-state index in [1.54, 1.807) is 6.20 Å². The monoisotopic (exact) mass is 299 g/mol. The molecule has 2 atom stereocenters. The molecule has 1 aromatic heterocycles. The minimum Gasteiger partial charge on any atom is -0.335 e. The van der Waals surface area contributed by atoms with Gasteiger partial charge in [-0.3, -0.25) is 14.7 Å². The average molecular weight is 299 g/mol. The van der Waals surface area contributed by atoms with Gasteiger partial charge in [0, 0.05) is 25.0 Å². The van der Waals surface area contributed by atoms with Crippen LogP contribution >= 0.6 is 0 Å². The van der Waals surface area contributed by atoms with Crippen LogP contribution in [-0.2, 0) is 4.79 Å². The van der Waals surface area contributed by atoms with Gasteiger partial charge in [-0.1, -0.05) is 6.07 Å². The number of fused-ring (bicyclic) bond motifs is 2. The van der Waals surface area contributed by atoms with Crippen LogP contribution in [0.15, 0.2) is 24.4 Å². The zero-order valence-electron chi connectivity index (χ0n) is 12.0. The molecule has 2 saturated heterocycles. The molecule has 4 rings (SSSR count). The van der Waals surface area contributed by atoms with Crippen molar-refractivity contribution in [2.45, 2.75) is 18.5 Å². The second-order valence-electron chi connectivity index (χ2n) is 5.92. The number of aromatic nitrogens is 2. The fraction of sp³-hybridized carbons (Fsp3) is 0.400. The largest absolute Gasteiger partial charge is 0.335 e. The molecule has 0 spiro atoms. The number of amides is 2. The highest BCUT2D eigenvalue weighted by Gasteiger charge is 2.41. The summed E-state index contributed by atoms with van der Waals surface area (Å²) in [6, 6.07) is 5.18. The molecule has 7 nitrogen and oxygen atoms in total. The highest BCUT2D eigenvalue weighted by molar-refractivity contribution is 6.06. The molecule has 0 bridgehead atoms. The van der Waals surface area contributed by atoms with Crippen LogP contribution in [0.2, 0.25) is 0 Å². The summed E-state index contributed by atoms with van der Waals surface area (Å²) in [4.78, 5) is 28.4. The molecule has 0 aliphatic carbocycles. The fourth-order valence-corrected chi connectivity index (χ4v) is 3.46. The molecule has 7 heteroatoms. The Kier molecular flexibility index (Phi) is 2.90. The normalized spacial score (nSPS) is 24.9. The summed E-state index contributed by atoms with van der Waals surface area (Å²) < 4.78 is 0. The summed E-state index contributed by atoms with van der Waals surface area (Å²) in [6.07, 6.45) is 2.30. The number of carbonyl (C=O) groups excluding carboxylic acids is 2. The first kappa shape index (κ1) is 13.3. The van der Waals surface area contributed by atoms with Crippen LogP contribution in [0.5, 0.6) is 0 Å². The zero-order chi connectivity index (χ0) is 15.3. The number of nitrogens with two attached hydrogens (primary N) is 1. The molecule has 2 aliphatic rings. The van der Waals surface area contributed by atoms with E-state index in [-0.39, 0.29) is 17.9 Å². The molecule has 114 valence electrons. The maximum absolute atomic E-state index is 12.8. The maximum atomic E-state index is 12.8. The Hall–Kier alpha value is -2.41. The molecule has 3 N–H and O–H groups in total. The standard InChI is InChI=1S/C15H17N5O2/c16-12-6-9-8-19(4-5-20(9)15(12)22)14(21)10-2-1-3-13-11(10)7-17-18-13/h1-3,7,9,12H,4-6,8,16H2,(H,17,18). The van der Waals surface area contributed by atoms with Crippen molar-refractivity contribution in [1.82, 2.24) is 20.0 Å². The van der Waals surface area contributed by atoms with E-state index in [9.17, 15) is 9.59 Å². The molecule has 2 aromatic rings. The lowest BCUT2D eigenvalue weighted by molar-refractivity contribution is -0.131. The number of hydrogen-bond acceptors (Lipinski definition) is 4. The van der Waals surface area contributed by atoms with Gasteiger partial charge in [0.25, 0.3) is 5.91 Å². The number of H-pyrrole nitrogens is 1. The van der Waals surface area contributed by atoms with Crippen LogP contribution in [0.1, 0.15) is 16.8 Å². The number of carbonyl (C=O) groups is 2. The van der Waals surface area contributed by atoms with E-state index < -0.39 is 6.04 Å². The van der Waals surface area contributed by atoms with E-state index in [0.29, 0.717) is 31.6 Å². The summed E-state index contributed by atoms with van der Waals surface area (Å²) >= 11 is 0. The van der Waals surface area contributed by atoms with Gasteiger partial charge in [0.15, 0.2) is 0 Å². The van der Waals surface area contributed by atoms with E-state index >= 15 is 0 Å². The molecular formula is C15H17N5O2. The number of aromatic amines is 1. The van der Waals surface area contributed by atoms with Crippen molar-refractivity contribution in [2.75, 3.05) is 19.6 Å². The van der Waals surface area contributed by atoms with Crippen molar-refractivity contribution in [2.24, 2.45) is 5.73 Å². The van der Waals surface area contributed by atoms with Crippen molar-refractivity contribution >= 4 is 22.7 Å². The Labute approximate surface area is 127 Å². The van der Waals surface area contributed by atoms with Gasteiger partial charge in [0.05, 0.1) is 29.4 Å². The van der Waals surface area contributed by atoms with Gasteiger partial charge in [0.2, 0.25) is 5.91 Å². The molecular weight excluding hydrogens is 282 g/mol. The molecule has 3 heterocycles. The molecule has 2 fully saturated rings. The highest BCUT2D eigenvalue weighted by atomic mass is 16.2. The van der Waals surface area contributed by atoms with Crippen LogP contribution in [0, 0.1) is 0 Å². The van der Waals surface area contributed by atoms with E-state index in [1.165, 1.54) is 0 Å². The van der Waals surface area contributed by atoms with Crippen molar-refractivity contribution in [3.8, 4) is 0 Å². The Balaban J connectivity index is 1.59.